The van der Waals surface area contributed by atoms with Crippen molar-refractivity contribution >= 4 is 57.9 Å². The molecule has 31 heavy (non-hydrogen) atoms. The molecule has 0 bridgehead atoms. The second-order valence-electron chi connectivity index (χ2n) is 6.98. The third kappa shape index (κ3) is 4.51. The van der Waals surface area contributed by atoms with Crippen LogP contribution in [0.3, 0.4) is 0 Å². The third-order valence-corrected chi connectivity index (χ3v) is 5.99. The summed E-state index contributed by atoms with van der Waals surface area (Å²) in [5, 5.41) is 14.3. The lowest BCUT2D eigenvalue weighted by Crippen LogP contribution is -2.38. The van der Waals surface area contributed by atoms with Gasteiger partial charge in [0.25, 0.3) is 5.82 Å². The summed E-state index contributed by atoms with van der Waals surface area (Å²) in [6.45, 7) is 0.879. The van der Waals surface area contributed by atoms with Crippen LogP contribution in [-0.4, -0.2) is 38.8 Å². The minimum atomic E-state index is -4.66. The van der Waals surface area contributed by atoms with E-state index in [1.807, 2.05) is 4.90 Å². The Bertz CT molecular complexity index is 1140. The zero-order valence-corrected chi connectivity index (χ0v) is 17.9. The molecule has 1 N–H and O–H groups in total. The van der Waals surface area contributed by atoms with Crippen molar-refractivity contribution in [2.45, 2.75) is 19.0 Å². The Morgan fingerprint density at radius 2 is 1.71 bits per heavy atom. The van der Waals surface area contributed by atoms with Crippen molar-refractivity contribution in [3.63, 3.8) is 0 Å². The summed E-state index contributed by atoms with van der Waals surface area (Å²) in [5.74, 6) is -1.35. The molecule has 1 saturated heterocycles. The number of hydrogen-bond acceptors (Lipinski definition) is 5. The lowest BCUT2D eigenvalue weighted by atomic mass is 9.96. The quantitative estimate of drug-likeness (QED) is 0.522. The number of carbonyl (C=O) groups is 1. The fraction of sp³-hybridized carbons (Fsp3) is 0.333. The number of benzene rings is 1. The summed E-state index contributed by atoms with van der Waals surface area (Å²) < 4.78 is 39.9. The van der Waals surface area contributed by atoms with Gasteiger partial charge in [-0.05, 0) is 37.1 Å². The van der Waals surface area contributed by atoms with Gasteiger partial charge in [0.1, 0.15) is 5.82 Å². The van der Waals surface area contributed by atoms with Crippen molar-refractivity contribution in [3.8, 4) is 0 Å². The van der Waals surface area contributed by atoms with Crippen LogP contribution in [0.1, 0.15) is 18.7 Å². The number of aromatic nitrogens is 4. The predicted molar refractivity (Wildman–Crippen MR) is 111 cm³/mol. The first-order valence-corrected chi connectivity index (χ1v) is 10.3. The zero-order valence-electron chi connectivity index (χ0n) is 15.6. The number of rotatable bonds is 3. The van der Waals surface area contributed by atoms with Gasteiger partial charge in [0, 0.05) is 19.0 Å². The highest BCUT2D eigenvalue weighted by Crippen LogP contribution is 2.33. The van der Waals surface area contributed by atoms with E-state index in [0.717, 1.165) is 0 Å². The van der Waals surface area contributed by atoms with Gasteiger partial charge in [-0.3, -0.25) is 4.79 Å². The standard InChI is InChI=1S/C18H14Cl3F3N6O/c19-10-7-12(21)13(8-11(10)20)25-16(31)9-3-5-29(6-4-9)15-2-1-14-26-27-17(18(22,23)24)30(14)28-15/h1-2,7-9H,3-6H2,(H,25,31). The first-order valence-electron chi connectivity index (χ1n) is 9.13. The first kappa shape index (κ1) is 21.9. The van der Waals surface area contributed by atoms with Gasteiger partial charge in [0.2, 0.25) is 5.91 Å². The molecule has 164 valence electrons. The van der Waals surface area contributed by atoms with Crippen molar-refractivity contribution in [2.24, 2.45) is 5.92 Å². The Morgan fingerprint density at radius 1 is 1.03 bits per heavy atom. The second-order valence-corrected chi connectivity index (χ2v) is 8.20. The molecule has 0 unspecified atom stereocenters. The van der Waals surface area contributed by atoms with Crippen molar-refractivity contribution in [3.05, 3.63) is 45.2 Å². The normalized spacial score (nSPS) is 15.5. The molecule has 0 spiro atoms. The van der Waals surface area contributed by atoms with E-state index < -0.39 is 12.0 Å². The summed E-state index contributed by atoms with van der Waals surface area (Å²) in [4.78, 5) is 14.4. The highest BCUT2D eigenvalue weighted by molar-refractivity contribution is 6.44. The third-order valence-electron chi connectivity index (χ3n) is 4.96. The van der Waals surface area contributed by atoms with Gasteiger partial charge >= 0.3 is 6.18 Å². The summed E-state index contributed by atoms with van der Waals surface area (Å²) >= 11 is 18.0. The molecule has 1 aromatic carbocycles. The maximum Gasteiger partial charge on any atom is 0.453 e. The molecule has 0 radical (unpaired) electrons. The number of halogens is 6. The molecule has 4 rings (SSSR count). The lowest BCUT2D eigenvalue weighted by molar-refractivity contribution is -0.146. The van der Waals surface area contributed by atoms with Crippen LogP contribution in [0.4, 0.5) is 24.7 Å². The molecule has 1 aliphatic heterocycles. The molecule has 3 aromatic rings. The minimum absolute atomic E-state index is 0.00356. The Kier molecular flexibility index (Phi) is 5.89. The number of hydrogen-bond donors (Lipinski definition) is 1. The highest BCUT2D eigenvalue weighted by atomic mass is 35.5. The molecule has 1 amide bonds. The Morgan fingerprint density at radius 3 is 2.39 bits per heavy atom. The molecule has 1 aliphatic rings. The minimum Gasteiger partial charge on any atom is -0.355 e. The number of alkyl halides is 3. The van der Waals surface area contributed by atoms with E-state index in [0.29, 0.717) is 42.0 Å². The van der Waals surface area contributed by atoms with Crippen molar-refractivity contribution in [1.29, 1.82) is 0 Å². The molecule has 2 aromatic heterocycles. The summed E-state index contributed by atoms with van der Waals surface area (Å²) in [6, 6.07) is 5.94. The number of anilines is 2. The monoisotopic (exact) mass is 492 g/mol. The molecule has 0 aliphatic carbocycles. The van der Waals surface area contributed by atoms with E-state index in [2.05, 4.69) is 20.6 Å². The van der Waals surface area contributed by atoms with E-state index in [4.69, 9.17) is 34.8 Å². The summed E-state index contributed by atoms with van der Waals surface area (Å²) in [5.41, 5.74) is 0.367. The van der Waals surface area contributed by atoms with E-state index in [9.17, 15) is 18.0 Å². The lowest BCUT2D eigenvalue weighted by Gasteiger charge is -2.32. The molecule has 7 nitrogen and oxygen atoms in total. The second kappa shape index (κ2) is 8.33. The highest BCUT2D eigenvalue weighted by Gasteiger charge is 2.38. The topological polar surface area (TPSA) is 75.4 Å². The molecule has 0 saturated carbocycles. The summed E-state index contributed by atoms with van der Waals surface area (Å²) in [7, 11) is 0. The maximum absolute atomic E-state index is 13.1. The SMILES string of the molecule is O=C(Nc1cc(Cl)c(Cl)cc1Cl)C1CCN(c2ccc3nnc(C(F)(F)F)n3n2)CC1. The number of piperidine rings is 1. The van der Waals surface area contributed by atoms with Crippen LogP contribution >= 0.6 is 34.8 Å². The van der Waals surface area contributed by atoms with Crippen LogP contribution in [0.25, 0.3) is 5.65 Å². The van der Waals surface area contributed by atoms with Gasteiger partial charge in [0.15, 0.2) is 5.65 Å². The van der Waals surface area contributed by atoms with Gasteiger partial charge in [0.05, 0.1) is 20.8 Å². The molecular weight excluding hydrogens is 480 g/mol. The van der Waals surface area contributed by atoms with Gasteiger partial charge < -0.3 is 10.2 Å². The van der Waals surface area contributed by atoms with Gasteiger partial charge in [-0.15, -0.1) is 15.3 Å². The van der Waals surface area contributed by atoms with Crippen LogP contribution in [0.5, 0.6) is 0 Å². The molecular formula is C18H14Cl3F3N6O. The first-order chi connectivity index (χ1) is 14.6. The fourth-order valence-electron chi connectivity index (χ4n) is 3.35. The Hall–Kier alpha value is -2.30. The van der Waals surface area contributed by atoms with Crippen molar-refractivity contribution < 1.29 is 18.0 Å². The average Bonchev–Trinajstić information content (AvgIpc) is 3.16. The predicted octanol–water partition coefficient (Wildman–Crippen LogP) is 4.96. The number of fused-ring (bicyclic) bond motifs is 1. The Labute approximate surface area is 189 Å². The van der Waals surface area contributed by atoms with Crippen LogP contribution in [0.2, 0.25) is 15.1 Å². The summed E-state index contributed by atoms with van der Waals surface area (Å²) in [6.07, 6.45) is -3.69. The van der Waals surface area contributed by atoms with Gasteiger partial charge in [-0.25, -0.2) is 0 Å². The molecule has 13 heteroatoms. The number of carbonyl (C=O) groups excluding carboxylic acids is 1. The maximum atomic E-state index is 13.1. The van der Waals surface area contributed by atoms with Crippen molar-refractivity contribution in [2.75, 3.05) is 23.3 Å². The van der Waals surface area contributed by atoms with Crippen LogP contribution in [0, 0.1) is 5.92 Å². The van der Waals surface area contributed by atoms with Crippen LogP contribution in [0.15, 0.2) is 24.3 Å². The smallest absolute Gasteiger partial charge is 0.355 e. The number of amides is 1. The van der Waals surface area contributed by atoms with Crippen molar-refractivity contribution in [1.82, 2.24) is 19.8 Å². The van der Waals surface area contributed by atoms with Gasteiger partial charge in [-0.1, -0.05) is 34.8 Å². The number of nitrogens with one attached hydrogen (secondary N) is 1. The Balaban J connectivity index is 1.44. The fourth-order valence-corrected chi connectivity index (χ4v) is 3.94. The van der Waals surface area contributed by atoms with E-state index in [1.165, 1.54) is 18.2 Å². The van der Waals surface area contributed by atoms with E-state index in [-0.39, 0.29) is 32.5 Å². The average molecular weight is 494 g/mol. The molecule has 3 heterocycles. The van der Waals surface area contributed by atoms with Gasteiger partial charge in [-0.2, -0.15) is 17.7 Å². The van der Waals surface area contributed by atoms with E-state index in [1.54, 1.807) is 6.07 Å². The molecule has 1 fully saturated rings. The molecule has 0 atom stereocenters. The van der Waals surface area contributed by atoms with Crippen LogP contribution in [-0.2, 0) is 11.0 Å². The number of nitrogens with zero attached hydrogens (tertiary/aromatic N) is 5. The largest absolute Gasteiger partial charge is 0.453 e. The van der Waals surface area contributed by atoms with E-state index >= 15 is 0 Å². The zero-order chi connectivity index (χ0) is 22.3. The van der Waals surface area contributed by atoms with Crippen LogP contribution < -0.4 is 10.2 Å².